The maximum absolute atomic E-state index is 13.7. The SMILES string of the molecule is C=CCOC(=O)C1=C(C)N=c2sc(=Cc3ccc(-c4ccc(Cl)cc4)o3)c(=O)n2C1c1ccc(OC)cc1. The van der Waals surface area contributed by atoms with Crippen molar-refractivity contribution >= 4 is 35.0 Å². The second kappa shape index (κ2) is 10.7. The summed E-state index contributed by atoms with van der Waals surface area (Å²) in [6.07, 6.45) is 3.18. The highest BCUT2D eigenvalue weighted by molar-refractivity contribution is 7.07. The van der Waals surface area contributed by atoms with Gasteiger partial charge < -0.3 is 13.9 Å². The number of aromatic nitrogens is 1. The number of ether oxygens (including phenoxy) is 2. The van der Waals surface area contributed by atoms with E-state index < -0.39 is 12.0 Å². The van der Waals surface area contributed by atoms with Crippen molar-refractivity contribution in [1.82, 2.24) is 4.57 Å². The zero-order chi connectivity index (χ0) is 26.8. The highest BCUT2D eigenvalue weighted by atomic mass is 35.5. The molecule has 0 aliphatic carbocycles. The first-order valence-electron chi connectivity index (χ1n) is 11.7. The maximum atomic E-state index is 13.7. The van der Waals surface area contributed by atoms with E-state index in [-0.39, 0.29) is 12.2 Å². The van der Waals surface area contributed by atoms with E-state index in [4.69, 9.17) is 25.5 Å². The molecular weight excluding hydrogens is 524 g/mol. The van der Waals surface area contributed by atoms with E-state index in [0.29, 0.717) is 42.9 Å². The minimum absolute atomic E-state index is 0.0454. The second-order valence-corrected chi connectivity index (χ2v) is 9.90. The number of carbonyl (C=O) groups is 1. The summed E-state index contributed by atoms with van der Waals surface area (Å²) in [5.74, 6) is 1.27. The van der Waals surface area contributed by atoms with Gasteiger partial charge in [0, 0.05) is 16.7 Å². The Morgan fingerprint density at radius 2 is 1.89 bits per heavy atom. The third-order valence-electron chi connectivity index (χ3n) is 6.03. The molecule has 192 valence electrons. The van der Waals surface area contributed by atoms with E-state index in [0.717, 1.165) is 11.1 Å². The summed E-state index contributed by atoms with van der Waals surface area (Å²) in [6.45, 7) is 5.39. The van der Waals surface area contributed by atoms with Crippen LogP contribution < -0.4 is 19.6 Å². The van der Waals surface area contributed by atoms with Gasteiger partial charge in [-0.25, -0.2) is 9.79 Å². The molecule has 38 heavy (non-hydrogen) atoms. The number of thiazole rings is 1. The Morgan fingerprint density at radius 1 is 1.16 bits per heavy atom. The lowest BCUT2D eigenvalue weighted by Crippen LogP contribution is -2.39. The van der Waals surface area contributed by atoms with E-state index in [1.807, 2.05) is 30.3 Å². The number of hydrogen-bond acceptors (Lipinski definition) is 7. The highest BCUT2D eigenvalue weighted by Gasteiger charge is 2.33. The fourth-order valence-electron chi connectivity index (χ4n) is 4.23. The molecule has 7 nitrogen and oxygen atoms in total. The first-order valence-corrected chi connectivity index (χ1v) is 12.9. The molecule has 0 saturated carbocycles. The Hall–Kier alpha value is -4.14. The number of carbonyl (C=O) groups excluding carboxylic acids is 1. The van der Waals surface area contributed by atoms with Gasteiger partial charge in [-0.15, -0.1) is 0 Å². The fraction of sp³-hybridized carbons (Fsp3) is 0.138. The summed E-state index contributed by atoms with van der Waals surface area (Å²) in [7, 11) is 1.58. The predicted octanol–water partition coefficient (Wildman–Crippen LogP) is 4.89. The number of fused-ring (bicyclic) bond motifs is 1. The minimum Gasteiger partial charge on any atom is -0.497 e. The van der Waals surface area contributed by atoms with Crippen molar-refractivity contribution in [3.63, 3.8) is 0 Å². The van der Waals surface area contributed by atoms with Gasteiger partial charge in [0.25, 0.3) is 5.56 Å². The van der Waals surface area contributed by atoms with Gasteiger partial charge in [-0.05, 0) is 61.0 Å². The summed E-state index contributed by atoms with van der Waals surface area (Å²) in [5.41, 5.74) is 2.07. The van der Waals surface area contributed by atoms with Crippen molar-refractivity contribution in [2.75, 3.05) is 13.7 Å². The Kier molecular flexibility index (Phi) is 7.18. The Balaban J connectivity index is 1.61. The molecule has 0 fully saturated rings. The van der Waals surface area contributed by atoms with Crippen LogP contribution in [0.2, 0.25) is 5.02 Å². The van der Waals surface area contributed by atoms with E-state index in [2.05, 4.69) is 11.6 Å². The molecular formula is C29H23ClN2O5S. The average molecular weight is 547 g/mol. The Bertz CT molecular complexity index is 1730. The first kappa shape index (κ1) is 25.5. The Morgan fingerprint density at radius 3 is 2.58 bits per heavy atom. The summed E-state index contributed by atoms with van der Waals surface area (Å²) in [6, 6.07) is 17.4. The monoisotopic (exact) mass is 546 g/mol. The third kappa shape index (κ3) is 4.88. The van der Waals surface area contributed by atoms with E-state index in [1.165, 1.54) is 22.0 Å². The topological polar surface area (TPSA) is 83.0 Å². The first-order chi connectivity index (χ1) is 18.4. The van der Waals surface area contributed by atoms with Gasteiger partial charge >= 0.3 is 5.97 Å². The number of methoxy groups -OCH3 is 1. The highest BCUT2D eigenvalue weighted by Crippen LogP contribution is 2.31. The number of benzene rings is 2. The van der Waals surface area contributed by atoms with Crippen LogP contribution >= 0.6 is 22.9 Å². The van der Waals surface area contributed by atoms with Crippen LogP contribution in [-0.4, -0.2) is 24.3 Å². The van der Waals surface area contributed by atoms with Crippen LogP contribution in [-0.2, 0) is 9.53 Å². The lowest BCUT2D eigenvalue weighted by Gasteiger charge is -2.24. The van der Waals surface area contributed by atoms with Crippen LogP contribution in [0.1, 0.15) is 24.3 Å². The normalized spacial score (nSPS) is 15.1. The molecule has 0 N–H and O–H groups in total. The summed E-state index contributed by atoms with van der Waals surface area (Å²) in [5, 5.41) is 0.635. The summed E-state index contributed by atoms with van der Waals surface area (Å²) >= 11 is 7.22. The molecule has 1 aliphatic heterocycles. The summed E-state index contributed by atoms with van der Waals surface area (Å²) in [4.78, 5) is 31.9. The van der Waals surface area contributed by atoms with Gasteiger partial charge in [-0.1, -0.05) is 47.7 Å². The molecule has 0 saturated heterocycles. The third-order valence-corrected chi connectivity index (χ3v) is 7.27. The summed E-state index contributed by atoms with van der Waals surface area (Å²) < 4.78 is 18.6. The zero-order valence-corrected chi connectivity index (χ0v) is 22.2. The van der Waals surface area contributed by atoms with Gasteiger partial charge in [-0.2, -0.15) is 0 Å². The lowest BCUT2D eigenvalue weighted by atomic mass is 9.96. The number of allylic oxidation sites excluding steroid dienone is 1. The van der Waals surface area contributed by atoms with Crippen molar-refractivity contribution in [3.8, 4) is 17.1 Å². The van der Waals surface area contributed by atoms with Crippen molar-refractivity contribution in [1.29, 1.82) is 0 Å². The van der Waals surface area contributed by atoms with Crippen molar-refractivity contribution < 1.29 is 18.7 Å². The number of rotatable bonds is 7. The van der Waals surface area contributed by atoms with Gasteiger partial charge in [0.15, 0.2) is 4.80 Å². The van der Waals surface area contributed by atoms with Crippen molar-refractivity contribution in [2.24, 2.45) is 4.99 Å². The van der Waals surface area contributed by atoms with Crippen LogP contribution in [0.25, 0.3) is 17.4 Å². The average Bonchev–Trinajstić information content (AvgIpc) is 3.51. The molecule has 3 heterocycles. The standard InChI is InChI=1S/C29H23ClN2O5S/c1-4-15-36-28(34)25-17(2)31-29-32(26(25)19-7-11-21(35-3)12-8-19)27(33)24(38-29)16-22-13-14-23(37-22)18-5-9-20(30)10-6-18/h4-14,16,26H,1,15H2,2-3H3. The molecule has 1 aliphatic rings. The largest absolute Gasteiger partial charge is 0.497 e. The fourth-order valence-corrected chi connectivity index (χ4v) is 5.38. The van der Waals surface area contributed by atoms with E-state index >= 15 is 0 Å². The van der Waals surface area contributed by atoms with E-state index in [1.54, 1.807) is 50.4 Å². The molecule has 0 radical (unpaired) electrons. The number of nitrogens with zero attached hydrogens (tertiary/aromatic N) is 2. The molecule has 2 aromatic carbocycles. The lowest BCUT2D eigenvalue weighted by molar-refractivity contribution is -0.138. The van der Waals surface area contributed by atoms with Crippen molar-refractivity contribution in [2.45, 2.75) is 13.0 Å². The molecule has 2 aromatic heterocycles. The van der Waals surface area contributed by atoms with Crippen LogP contribution in [0, 0.1) is 0 Å². The molecule has 0 bridgehead atoms. The van der Waals surface area contributed by atoms with Gasteiger partial charge in [0.2, 0.25) is 0 Å². The molecule has 0 spiro atoms. The molecule has 5 rings (SSSR count). The van der Waals surface area contributed by atoms with Crippen LogP contribution in [0.4, 0.5) is 0 Å². The van der Waals surface area contributed by atoms with Gasteiger partial charge in [0.05, 0.1) is 29.0 Å². The minimum atomic E-state index is -0.724. The zero-order valence-electron chi connectivity index (χ0n) is 20.6. The smallest absolute Gasteiger partial charge is 0.338 e. The van der Waals surface area contributed by atoms with Crippen LogP contribution in [0.15, 0.2) is 98.8 Å². The molecule has 1 unspecified atom stereocenters. The number of hydrogen-bond donors (Lipinski definition) is 0. The van der Waals surface area contributed by atoms with Crippen LogP contribution in [0.3, 0.4) is 0 Å². The number of furan rings is 1. The Labute approximate surface area is 227 Å². The molecule has 9 heteroatoms. The molecule has 4 aromatic rings. The van der Waals surface area contributed by atoms with E-state index in [9.17, 15) is 9.59 Å². The molecule has 1 atom stereocenters. The van der Waals surface area contributed by atoms with Gasteiger partial charge in [-0.3, -0.25) is 9.36 Å². The molecule has 0 amide bonds. The quantitative estimate of drug-likeness (QED) is 0.243. The maximum Gasteiger partial charge on any atom is 0.338 e. The predicted molar refractivity (Wildman–Crippen MR) is 147 cm³/mol. The van der Waals surface area contributed by atoms with Crippen LogP contribution in [0.5, 0.6) is 5.75 Å². The second-order valence-electron chi connectivity index (χ2n) is 8.45. The van der Waals surface area contributed by atoms with Crippen molar-refractivity contribution in [3.05, 3.63) is 121 Å². The number of halogens is 1. The van der Waals surface area contributed by atoms with Gasteiger partial charge in [0.1, 0.15) is 23.9 Å². The number of esters is 1.